The third kappa shape index (κ3) is 3.56. The van der Waals surface area contributed by atoms with Crippen molar-refractivity contribution in [2.75, 3.05) is 0 Å². The summed E-state index contributed by atoms with van der Waals surface area (Å²) < 4.78 is 13.9. The second-order valence-electron chi connectivity index (χ2n) is 6.06. The van der Waals surface area contributed by atoms with Gasteiger partial charge >= 0.3 is 0 Å². The van der Waals surface area contributed by atoms with Gasteiger partial charge in [0.2, 0.25) is 5.91 Å². The number of aromatic amines is 1. The molecule has 0 aliphatic heterocycles. The minimum atomic E-state index is -0.319. The van der Waals surface area contributed by atoms with E-state index in [4.69, 9.17) is 0 Å². The molecule has 0 unspecified atom stereocenters. The number of aryl methyl sites for hydroxylation is 1. The fourth-order valence-electron chi connectivity index (χ4n) is 2.91. The summed E-state index contributed by atoms with van der Waals surface area (Å²) in [6, 6.07) is 6.61. The molecular weight excluding hydrogens is 365 g/mol. The predicted octanol–water partition coefficient (Wildman–Crippen LogP) is 3.39. The van der Waals surface area contributed by atoms with Gasteiger partial charge in [-0.3, -0.25) is 4.79 Å². The van der Waals surface area contributed by atoms with E-state index in [0.29, 0.717) is 22.9 Å². The molecule has 8 heteroatoms. The summed E-state index contributed by atoms with van der Waals surface area (Å²) in [5.41, 5.74) is 2.78. The fourth-order valence-corrected chi connectivity index (χ4v) is 3.67. The Morgan fingerprint density at radius 1 is 1.26 bits per heavy atom. The van der Waals surface area contributed by atoms with Crippen molar-refractivity contribution in [3.63, 3.8) is 0 Å². The summed E-state index contributed by atoms with van der Waals surface area (Å²) in [4.78, 5) is 28.2. The third-order valence-electron chi connectivity index (χ3n) is 4.22. The highest BCUT2D eigenvalue weighted by molar-refractivity contribution is 7.13. The van der Waals surface area contributed by atoms with Gasteiger partial charge < -0.3 is 10.3 Å². The van der Waals surface area contributed by atoms with Crippen molar-refractivity contribution in [3.8, 4) is 10.8 Å². The summed E-state index contributed by atoms with van der Waals surface area (Å²) in [6.45, 7) is 2.16. The van der Waals surface area contributed by atoms with E-state index in [1.54, 1.807) is 24.5 Å². The highest BCUT2D eigenvalue weighted by Crippen LogP contribution is 2.25. The topological polar surface area (TPSA) is 83.6 Å². The second kappa shape index (κ2) is 7.24. The molecule has 0 fully saturated rings. The zero-order chi connectivity index (χ0) is 18.8. The van der Waals surface area contributed by atoms with Gasteiger partial charge in [-0.25, -0.2) is 19.3 Å². The van der Waals surface area contributed by atoms with E-state index < -0.39 is 0 Å². The Kier molecular flexibility index (Phi) is 4.64. The molecule has 4 aromatic rings. The van der Waals surface area contributed by atoms with E-state index in [2.05, 4.69) is 25.3 Å². The SMILES string of the molecule is Cc1[nH]c2c(F)cccc2c1CC(=O)NCc1csc(-c2ncccn2)n1. The molecule has 0 spiro atoms. The van der Waals surface area contributed by atoms with Gasteiger partial charge in [-0.05, 0) is 24.6 Å². The normalized spacial score (nSPS) is 11.0. The minimum absolute atomic E-state index is 0.145. The van der Waals surface area contributed by atoms with Crippen molar-refractivity contribution in [1.82, 2.24) is 25.3 Å². The number of fused-ring (bicyclic) bond motifs is 1. The molecule has 0 aliphatic rings. The van der Waals surface area contributed by atoms with Gasteiger partial charge in [-0.1, -0.05) is 12.1 Å². The summed E-state index contributed by atoms with van der Waals surface area (Å²) in [5, 5.41) is 6.19. The molecule has 0 saturated heterocycles. The van der Waals surface area contributed by atoms with E-state index >= 15 is 0 Å². The molecule has 0 radical (unpaired) electrons. The number of aromatic nitrogens is 4. The van der Waals surface area contributed by atoms with Gasteiger partial charge in [0.1, 0.15) is 5.82 Å². The molecule has 136 valence electrons. The van der Waals surface area contributed by atoms with Crippen molar-refractivity contribution in [2.45, 2.75) is 19.9 Å². The van der Waals surface area contributed by atoms with E-state index in [1.807, 2.05) is 18.4 Å². The maximum Gasteiger partial charge on any atom is 0.224 e. The predicted molar refractivity (Wildman–Crippen MR) is 102 cm³/mol. The number of carbonyl (C=O) groups excluding carboxylic acids is 1. The van der Waals surface area contributed by atoms with E-state index in [-0.39, 0.29) is 18.1 Å². The fraction of sp³-hybridized carbons (Fsp3) is 0.158. The molecule has 0 saturated carbocycles. The number of amides is 1. The summed E-state index contributed by atoms with van der Waals surface area (Å²) in [6.07, 6.45) is 3.50. The molecule has 0 aliphatic carbocycles. The van der Waals surface area contributed by atoms with Crippen molar-refractivity contribution < 1.29 is 9.18 Å². The van der Waals surface area contributed by atoms with Gasteiger partial charge in [0.25, 0.3) is 0 Å². The largest absolute Gasteiger partial charge is 0.356 e. The van der Waals surface area contributed by atoms with Gasteiger partial charge in [-0.2, -0.15) is 0 Å². The number of hydrogen-bond donors (Lipinski definition) is 2. The van der Waals surface area contributed by atoms with Crippen molar-refractivity contribution in [3.05, 3.63) is 64.8 Å². The van der Waals surface area contributed by atoms with Crippen molar-refractivity contribution in [1.29, 1.82) is 0 Å². The van der Waals surface area contributed by atoms with Crippen LogP contribution in [0.15, 0.2) is 42.0 Å². The number of nitrogens with zero attached hydrogens (tertiary/aromatic N) is 3. The first-order valence-corrected chi connectivity index (χ1v) is 9.24. The lowest BCUT2D eigenvalue weighted by atomic mass is 10.1. The highest BCUT2D eigenvalue weighted by atomic mass is 32.1. The van der Waals surface area contributed by atoms with Crippen LogP contribution >= 0.6 is 11.3 Å². The Bertz CT molecular complexity index is 1110. The lowest BCUT2D eigenvalue weighted by Gasteiger charge is -2.04. The zero-order valence-corrected chi connectivity index (χ0v) is 15.3. The number of thiazole rings is 1. The van der Waals surface area contributed by atoms with Crippen LogP contribution in [0.3, 0.4) is 0 Å². The first-order valence-electron chi connectivity index (χ1n) is 8.36. The second-order valence-corrected chi connectivity index (χ2v) is 6.92. The van der Waals surface area contributed by atoms with Crippen LogP contribution in [0.2, 0.25) is 0 Å². The molecular formula is C19H16FN5OS. The number of hydrogen-bond acceptors (Lipinski definition) is 5. The van der Waals surface area contributed by atoms with Crippen LogP contribution in [0.25, 0.3) is 21.7 Å². The quantitative estimate of drug-likeness (QED) is 0.555. The van der Waals surface area contributed by atoms with Crippen LogP contribution in [0.1, 0.15) is 17.0 Å². The molecule has 1 aromatic carbocycles. The molecule has 3 heterocycles. The Morgan fingerprint density at radius 3 is 2.89 bits per heavy atom. The molecule has 2 N–H and O–H groups in total. The molecule has 3 aromatic heterocycles. The third-order valence-corrected chi connectivity index (χ3v) is 5.10. The van der Waals surface area contributed by atoms with E-state index in [9.17, 15) is 9.18 Å². The smallest absolute Gasteiger partial charge is 0.224 e. The zero-order valence-electron chi connectivity index (χ0n) is 14.5. The lowest BCUT2D eigenvalue weighted by Crippen LogP contribution is -2.24. The number of nitrogens with one attached hydrogen (secondary N) is 2. The molecule has 27 heavy (non-hydrogen) atoms. The number of benzene rings is 1. The van der Waals surface area contributed by atoms with E-state index in [1.165, 1.54) is 17.4 Å². The average molecular weight is 381 g/mol. The number of H-pyrrole nitrogens is 1. The summed E-state index contributed by atoms with van der Waals surface area (Å²) >= 11 is 1.43. The molecule has 0 bridgehead atoms. The van der Waals surface area contributed by atoms with Crippen LogP contribution in [0.4, 0.5) is 4.39 Å². The van der Waals surface area contributed by atoms with Crippen LogP contribution in [-0.4, -0.2) is 25.8 Å². The Labute approximate surface area is 158 Å². The number of carbonyl (C=O) groups is 1. The Balaban J connectivity index is 1.43. The minimum Gasteiger partial charge on any atom is -0.356 e. The van der Waals surface area contributed by atoms with Gasteiger partial charge in [0.05, 0.1) is 24.2 Å². The van der Waals surface area contributed by atoms with Crippen LogP contribution < -0.4 is 5.32 Å². The lowest BCUT2D eigenvalue weighted by molar-refractivity contribution is -0.120. The maximum absolute atomic E-state index is 13.9. The Hall–Kier alpha value is -3.13. The van der Waals surface area contributed by atoms with Crippen molar-refractivity contribution in [2.24, 2.45) is 0 Å². The number of rotatable bonds is 5. The van der Waals surface area contributed by atoms with Gasteiger partial charge in [-0.15, -0.1) is 11.3 Å². The van der Waals surface area contributed by atoms with Gasteiger partial charge in [0.15, 0.2) is 10.8 Å². The van der Waals surface area contributed by atoms with Crippen LogP contribution in [0, 0.1) is 12.7 Å². The molecule has 1 amide bonds. The first-order chi connectivity index (χ1) is 13.1. The summed E-state index contributed by atoms with van der Waals surface area (Å²) in [5.74, 6) is 0.102. The average Bonchev–Trinajstić information content (AvgIpc) is 3.27. The van der Waals surface area contributed by atoms with Gasteiger partial charge in [0, 0.05) is 28.9 Å². The first kappa shape index (κ1) is 17.3. The number of halogens is 1. The molecule has 6 nitrogen and oxygen atoms in total. The number of para-hydroxylation sites is 1. The highest BCUT2D eigenvalue weighted by Gasteiger charge is 2.15. The van der Waals surface area contributed by atoms with Crippen molar-refractivity contribution >= 4 is 28.1 Å². The maximum atomic E-state index is 13.9. The summed E-state index contributed by atoms with van der Waals surface area (Å²) in [7, 11) is 0. The van der Waals surface area contributed by atoms with Crippen LogP contribution in [0.5, 0.6) is 0 Å². The monoisotopic (exact) mass is 381 g/mol. The molecule has 4 rings (SSSR count). The van der Waals surface area contributed by atoms with Crippen LogP contribution in [-0.2, 0) is 17.8 Å². The Morgan fingerprint density at radius 2 is 2.07 bits per heavy atom. The standard InChI is InChI=1S/C19H16FN5OS/c1-11-14(13-4-2-5-15(20)17(13)24-11)8-16(26)23-9-12-10-27-19(25-12)18-21-6-3-7-22-18/h2-7,10,24H,8-9H2,1H3,(H,23,26). The molecule has 0 atom stereocenters. The van der Waals surface area contributed by atoms with E-state index in [0.717, 1.165) is 22.3 Å².